The molecule has 0 aliphatic carbocycles. The van der Waals surface area contributed by atoms with Crippen LogP contribution in [0.4, 0.5) is 0 Å². The number of carboxylic acid groups (broad SMARTS) is 1. The maximum absolute atomic E-state index is 10.8. The number of carbonyl (C=O) groups is 2. The third-order valence-corrected chi connectivity index (χ3v) is 1.54. The van der Waals surface area contributed by atoms with Crippen LogP contribution in [0.25, 0.3) is 0 Å². The van der Waals surface area contributed by atoms with E-state index in [-0.39, 0.29) is 12.3 Å². The van der Waals surface area contributed by atoms with E-state index < -0.39 is 11.9 Å². The molecule has 5 nitrogen and oxygen atoms in total. The average molecular weight is 156 g/mol. The molecule has 0 saturated carbocycles. The Hall–Kier alpha value is -1.39. The van der Waals surface area contributed by atoms with Gasteiger partial charge in [-0.25, -0.2) is 5.43 Å². The lowest BCUT2D eigenvalue weighted by Crippen LogP contribution is -2.24. The summed E-state index contributed by atoms with van der Waals surface area (Å²) in [5.41, 5.74) is 2.75. The first-order valence-electron chi connectivity index (χ1n) is 3.17. The van der Waals surface area contributed by atoms with Gasteiger partial charge in [0.05, 0.1) is 12.3 Å². The summed E-state index contributed by atoms with van der Waals surface area (Å²) < 4.78 is 0. The smallest absolute Gasteiger partial charge is 0.304 e. The Bertz CT molecular complexity index is 234. The highest BCUT2D eigenvalue weighted by Crippen LogP contribution is 2.10. The molecule has 0 aromatic rings. The van der Waals surface area contributed by atoms with Crippen molar-refractivity contribution >= 4 is 17.6 Å². The van der Waals surface area contributed by atoms with Crippen molar-refractivity contribution in [1.82, 2.24) is 5.43 Å². The minimum Gasteiger partial charge on any atom is -0.481 e. The molecule has 1 rings (SSSR count). The molecule has 1 aliphatic rings. The van der Waals surface area contributed by atoms with Crippen molar-refractivity contribution in [2.24, 2.45) is 11.0 Å². The van der Waals surface area contributed by atoms with E-state index in [4.69, 9.17) is 5.11 Å². The van der Waals surface area contributed by atoms with E-state index in [1.165, 1.54) is 0 Å². The third-order valence-electron chi connectivity index (χ3n) is 1.54. The van der Waals surface area contributed by atoms with Crippen LogP contribution in [-0.4, -0.2) is 22.7 Å². The number of carboxylic acids is 1. The van der Waals surface area contributed by atoms with Crippen LogP contribution in [0.1, 0.15) is 13.3 Å². The second kappa shape index (κ2) is 2.69. The number of rotatable bonds is 2. The third kappa shape index (κ3) is 1.54. The second-order valence-electron chi connectivity index (χ2n) is 2.38. The highest BCUT2D eigenvalue weighted by Gasteiger charge is 2.28. The average Bonchev–Trinajstić information content (AvgIpc) is 2.18. The van der Waals surface area contributed by atoms with Crippen LogP contribution in [0.5, 0.6) is 0 Å². The number of hydrazone groups is 1. The molecule has 1 heterocycles. The molecule has 1 amide bonds. The molecule has 0 aromatic heterocycles. The zero-order valence-electron chi connectivity index (χ0n) is 6.00. The van der Waals surface area contributed by atoms with Crippen LogP contribution in [0.15, 0.2) is 5.10 Å². The first kappa shape index (κ1) is 7.71. The van der Waals surface area contributed by atoms with Gasteiger partial charge >= 0.3 is 5.97 Å². The molecule has 1 unspecified atom stereocenters. The SMILES string of the molecule is CC1=NNC(=O)C1CC(=O)O. The van der Waals surface area contributed by atoms with Gasteiger partial charge in [-0.1, -0.05) is 0 Å². The molecular weight excluding hydrogens is 148 g/mol. The van der Waals surface area contributed by atoms with E-state index >= 15 is 0 Å². The molecule has 1 aliphatic heterocycles. The van der Waals surface area contributed by atoms with Crippen molar-refractivity contribution in [3.63, 3.8) is 0 Å². The maximum Gasteiger partial charge on any atom is 0.304 e. The summed E-state index contributed by atoms with van der Waals surface area (Å²) in [4.78, 5) is 21.0. The van der Waals surface area contributed by atoms with Gasteiger partial charge in [-0.05, 0) is 6.92 Å². The van der Waals surface area contributed by atoms with Crippen molar-refractivity contribution in [2.75, 3.05) is 0 Å². The van der Waals surface area contributed by atoms with E-state index in [9.17, 15) is 9.59 Å². The molecule has 0 fully saturated rings. The predicted octanol–water partition coefficient (Wildman–Crippen LogP) is -0.417. The largest absolute Gasteiger partial charge is 0.481 e. The summed E-state index contributed by atoms with van der Waals surface area (Å²) >= 11 is 0. The maximum atomic E-state index is 10.8. The normalized spacial score (nSPS) is 22.8. The minimum absolute atomic E-state index is 0.179. The van der Waals surface area contributed by atoms with Crippen LogP contribution in [0, 0.1) is 5.92 Å². The molecule has 1 atom stereocenters. The van der Waals surface area contributed by atoms with Crippen molar-refractivity contribution in [1.29, 1.82) is 0 Å². The molecule has 5 heteroatoms. The van der Waals surface area contributed by atoms with Gasteiger partial charge in [-0.15, -0.1) is 0 Å². The molecule has 0 aromatic carbocycles. The Morgan fingerprint density at radius 2 is 2.45 bits per heavy atom. The van der Waals surface area contributed by atoms with E-state index in [1.807, 2.05) is 0 Å². The molecule has 11 heavy (non-hydrogen) atoms. The van der Waals surface area contributed by atoms with E-state index in [0.717, 1.165) is 0 Å². The van der Waals surface area contributed by atoms with Crippen molar-refractivity contribution in [3.8, 4) is 0 Å². The zero-order chi connectivity index (χ0) is 8.43. The van der Waals surface area contributed by atoms with Crippen LogP contribution >= 0.6 is 0 Å². The number of amides is 1. The number of nitrogens with zero attached hydrogens (tertiary/aromatic N) is 1. The van der Waals surface area contributed by atoms with Gasteiger partial charge < -0.3 is 5.11 Å². The van der Waals surface area contributed by atoms with Gasteiger partial charge in [0.1, 0.15) is 0 Å². The van der Waals surface area contributed by atoms with Crippen LogP contribution in [0.3, 0.4) is 0 Å². The Morgan fingerprint density at radius 1 is 1.82 bits per heavy atom. The van der Waals surface area contributed by atoms with E-state index in [1.54, 1.807) is 6.92 Å². The molecule has 60 valence electrons. The van der Waals surface area contributed by atoms with Crippen LogP contribution in [0.2, 0.25) is 0 Å². The summed E-state index contributed by atoms with van der Waals surface area (Å²) in [6.45, 7) is 1.63. The monoisotopic (exact) mass is 156 g/mol. The zero-order valence-corrected chi connectivity index (χ0v) is 6.00. The second-order valence-corrected chi connectivity index (χ2v) is 2.38. The number of hydrogen-bond acceptors (Lipinski definition) is 3. The van der Waals surface area contributed by atoms with Gasteiger partial charge in [-0.2, -0.15) is 5.10 Å². The fourth-order valence-electron chi connectivity index (χ4n) is 0.904. The lowest BCUT2D eigenvalue weighted by Gasteiger charge is -2.01. The fraction of sp³-hybridized carbons (Fsp3) is 0.500. The first-order valence-corrected chi connectivity index (χ1v) is 3.17. The van der Waals surface area contributed by atoms with Gasteiger partial charge in [0.2, 0.25) is 5.91 Å². The minimum atomic E-state index is -0.985. The summed E-state index contributed by atoms with van der Waals surface area (Å²) in [5.74, 6) is -1.89. The Labute approximate surface area is 63.1 Å². The molecule has 2 N–H and O–H groups in total. The highest BCUT2D eigenvalue weighted by atomic mass is 16.4. The topological polar surface area (TPSA) is 78.8 Å². The Balaban J connectivity index is 2.63. The van der Waals surface area contributed by atoms with Crippen molar-refractivity contribution in [2.45, 2.75) is 13.3 Å². The van der Waals surface area contributed by atoms with Crippen LogP contribution in [-0.2, 0) is 9.59 Å². The fourth-order valence-corrected chi connectivity index (χ4v) is 0.904. The molecular formula is C6H8N2O3. The summed E-state index contributed by atoms with van der Waals surface area (Å²) in [5, 5.41) is 12.0. The van der Waals surface area contributed by atoms with Gasteiger partial charge in [0.25, 0.3) is 0 Å². The molecule has 0 saturated heterocycles. The van der Waals surface area contributed by atoms with Gasteiger partial charge in [-0.3, -0.25) is 9.59 Å². The Kier molecular flexibility index (Phi) is 1.89. The highest BCUT2D eigenvalue weighted by molar-refractivity contribution is 6.08. The quantitative estimate of drug-likeness (QED) is 0.570. The van der Waals surface area contributed by atoms with Gasteiger partial charge in [0, 0.05) is 5.71 Å². The number of hydrogen-bond donors (Lipinski definition) is 2. The lowest BCUT2D eigenvalue weighted by atomic mass is 10.0. The number of carbonyl (C=O) groups excluding carboxylic acids is 1. The lowest BCUT2D eigenvalue weighted by molar-refractivity contribution is -0.139. The standard InChI is InChI=1S/C6H8N2O3/c1-3-4(2-5(9)10)6(11)8-7-3/h4H,2H2,1H3,(H,8,11)(H,9,10). The number of aliphatic carboxylic acids is 1. The van der Waals surface area contributed by atoms with Crippen molar-refractivity contribution in [3.05, 3.63) is 0 Å². The van der Waals surface area contributed by atoms with Crippen LogP contribution < -0.4 is 5.43 Å². The van der Waals surface area contributed by atoms with Crippen molar-refractivity contribution < 1.29 is 14.7 Å². The molecule has 0 radical (unpaired) electrons. The predicted molar refractivity (Wildman–Crippen MR) is 37.0 cm³/mol. The Morgan fingerprint density at radius 3 is 2.82 bits per heavy atom. The molecule has 0 bridgehead atoms. The summed E-state index contributed by atoms with van der Waals surface area (Å²) in [7, 11) is 0. The van der Waals surface area contributed by atoms with Gasteiger partial charge in [0.15, 0.2) is 0 Å². The first-order chi connectivity index (χ1) is 5.11. The number of nitrogens with one attached hydrogen (secondary N) is 1. The van der Waals surface area contributed by atoms with E-state index in [0.29, 0.717) is 5.71 Å². The summed E-state index contributed by atoms with van der Waals surface area (Å²) in [6.07, 6.45) is -0.179. The molecule has 0 spiro atoms. The summed E-state index contributed by atoms with van der Waals surface area (Å²) in [6, 6.07) is 0. The van der Waals surface area contributed by atoms with E-state index in [2.05, 4.69) is 10.5 Å².